The van der Waals surface area contributed by atoms with Crippen LogP contribution in [0.2, 0.25) is 0 Å². The van der Waals surface area contributed by atoms with Gasteiger partial charge in [0.1, 0.15) is 0 Å². The number of aliphatic hydroxyl groups is 1. The molecular formula is C15H23N3O2. The summed E-state index contributed by atoms with van der Waals surface area (Å²) in [5.41, 5.74) is 7.40. The zero-order valence-electron chi connectivity index (χ0n) is 11.7. The molecule has 0 radical (unpaired) electrons. The monoisotopic (exact) mass is 277 g/mol. The number of nitrogens with two attached hydrogens (primary N) is 1. The van der Waals surface area contributed by atoms with Crippen molar-refractivity contribution in [3.63, 3.8) is 0 Å². The molecule has 1 saturated heterocycles. The molecule has 0 bridgehead atoms. The molecule has 1 aliphatic heterocycles. The van der Waals surface area contributed by atoms with Crippen molar-refractivity contribution in [3.8, 4) is 0 Å². The molecule has 1 aromatic rings. The van der Waals surface area contributed by atoms with Crippen LogP contribution in [0.15, 0.2) is 24.3 Å². The number of anilines is 1. The van der Waals surface area contributed by atoms with Crippen LogP contribution in [-0.2, 0) is 11.3 Å². The number of rotatable bonds is 5. The number of likely N-dealkylation sites (tertiary alicyclic amines) is 1. The predicted octanol–water partition coefficient (Wildman–Crippen LogP) is 0.788. The van der Waals surface area contributed by atoms with E-state index in [-0.39, 0.29) is 12.5 Å². The van der Waals surface area contributed by atoms with Crippen molar-refractivity contribution in [1.29, 1.82) is 0 Å². The molecule has 0 aliphatic carbocycles. The number of hydrogen-bond acceptors (Lipinski definition) is 4. The third-order valence-corrected chi connectivity index (χ3v) is 3.84. The Labute approximate surface area is 119 Å². The molecular weight excluding hydrogens is 254 g/mol. The van der Waals surface area contributed by atoms with E-state index < -0.39 is 0 Å². The molecule has 110 valence electrons. The second-order valence-corrected chi connectivity index (χ2v) is 5.31. The van der Waals surface area contributed by atoms with Crippen molar-refractivity contribution in [2.24, 2.45) is 11.7 Å². The maximum atomic E-state index is 12.1. The lowest BCUT2D eigenvalue weighted by Gasteiger charge is -2.30. The lowest BCUT2D eigenvalue weighted by Crippen LogP contribution is -2.39. The smallest absolute Gasteiger partial charge is 0.238 e. The van der Waals surface area contributed by atoms with Crippen molar-refractivity contribution in [2.75, 3.05) is 31.6 Å². The van der Waals surface area contributed by atoms with Crippen LogP contribution in [0.4, 0.5) is 5.69 Å². The Bertz CT molecular complexity index is 442. The quantitative estimate of drug-likeness (QED) is 0.743. The minimum atomic E-state index is -0.00616. The number of hydrogen-bond donors (Lipinski definition) is 3. The van der Waals surface area contributed by atoms with Crippen LogP contribution >= 0.6 is 0 Å². The molecule has 0 aromatic heterocycles. The van der Waals surface area contributed by atoms with Crippen molar-refractivity contribution >= 4 is 11.6 Å². The third-order valence-electron chi connectivity index (χ3n) is 3.84. The summed E-state index contributed by atoms with van der Waals surface area (Å²) in [6.45, 7) is 2.81. The van der Waals surface area contributed by atoms with Gasteiger partial charge in [-0.15, -0.1) is 0 Å². The second-order valence-electron chi connectivity index (χ2n) is 5.31. The Morgan fingerprint density at radius 1 is 1.35 bits per heavy atom. The highest BCUT2D eigenvalue weighted by Crippen LogP contribution is 2.17. The number of benzene rings is 1. The van der Waals surface area contributed by atoms with E-state index in [4.69, 9.17) is 10.8 Å². The molecule has 1 fully saturated rings. The number of amides is 1. The number of piperidine rings is 1. The van der Waals surface area contributed by atoms with E-state index in [1.165, 1.54) is 0 Å². The van der Waals surface area contributed by atoms with Gasteiger partial charge in [-0.3, -0.25) is 9.69 Å². The van der Waals surface area contributed by atoms with Crippen molar-refractivity contribution < 1.29 is 9.90 Å². The number of carbonyl (C=O) groups is 1. The lowest BCUT2D eigenvalue weighted by molar-refractivity contribution is -0.117. The van der Waals surface area contributed by atoms with Gasteiger partial charge >= 0.3 is 0 Å². The summed E-state index contributed by atoms with van der Waals surface area (Å²) in [5, 5.41) is 12.0. The van der Waals surface area contributed by atoms with Gasteiger partial charge in [0.05, 0.1) is 6.54 Å². The summed E-state index contributed by atoms with van der Waals surface area (Å²) < 4.78 is 0. The van der Waals surface area contributed by atoms with E-state index >= 15 is 0 Å². The number of para-hydroxylation sites is 1. The minimum Gasteiger partial charge on any atom is -0.396 e. The Morgan fingerprint density at radius 3 is 2.70 bits per heavy atom. The van der Waals surface area contributed by atoms with E-state index in [9.17, 15) is 4.79 Å². The average Bonchev–Trinajstić information content (AvgIpc) is 2.48. The molecule has 0 unspecified atom stereocenters. The van der Waals surface area contributed by atoms with Crippen molar-refractivity contribution in [1.82, 2.24) is 4.90 Å². The van der Waals surface area contributed by atoms with Crippen LogP contribution in [-0.4, -0.2) is 42.2 Å². The highest BCUT2D eigenvalue weighted by molar-refractivity contribution is 5.93. The molecule has 4 N–H and O–H groups in total. The van der Waals surface area contributed by atoms with Gasteiger partial charge in [-0.2, -0.15) is 0 Å². The molecule has 5 nitrogen and oxygen atoms in total. The van der Waals surface area contributed by atoms with Crippen LogP contribution in [0.5, 0.6) is 0 Å². The van der Waals surface area contributed by atoms with E-state index in [1.807, 2.05) is 24.3 Å². The van der Waals surface area contributed by atoms with Crippen molar-refractivity contribution in [2.45, 2.75) is 19.4 Å². The maximum Gasteiger partial charge on any atom is 0.238 e. The Morgan fingerprint density at radius 2 is 2.05 bits per heavy atom. The number of aliphatic hydroxyl groups excluding tert-OH is 1. The van der Waals surface area contributed by atoms with Crippen LogP contribution < -0.4 is 11.1 Å². The van der Waals surface area contributed by atoms with Gasteiger partial charge < -0.3 is 16.2 Å². The summed E-state index contributed by atoms with van der Waals surface area (Å²) in [7, 11) is 0. The molecule has 20 heavy (non-hydrogen) atoms. The lowest BCUT2D eigenvalue weighted by atomic mass is 9.98. The van der Waals surface area contributed by atoms with Crippen LogP contribution in [0.1, 0.15) is 18.4 Å². The van der Waals surface area contributed by atoms with Gasteiger partial charge in [0.15, 0.2) is 0 Å². The van der Waals surface area contributed by atoms with Gasteiger partial charge in [-0.25, -0.2) is 0 Å². The van der Waals surface area contributed by atoms with Crippen LogP contribution in [0.3, 0.4) is 0 Å². The third kappa shape index (κ3) is 4.03. The number of carbonyl (C=O) groups excluding carboxylic acids is 1. The topological polar surface area (TPSA) is 78.6 Å². The van der Waals surface area contributed by atoms with E-state index in [0.717, 1.165) is 37.2 Å². The second kappa shape index (κ2) is 7.38. The zero-order chi connectivity index (χ0) is 14.4. The molecule has 0 atom stereocenters. The summed E-state index contributed by atoms with van der Waals surface area (Å²) in [6, 6.07) is 7.60. The largest absolute Gasteiger partial charge is 0.396 e. The molecule has 0 spiro atoms. The molecule has 1 amide bonds. The highest BCUT2D eigenvalue weighted by atomic mass is 16.3. The molecule has 1 aliphatic rings. The highest BCUT2D eigenvalue weighted by Gasteiger charge is 2.20. The Kier molecular flexibility index (Phi) is 5.52. The molecule has 0 saturated carbocycles. The first-order valence-electron chi connectivity index (χ1n) is 7.14. The van der Waals surface area contributed by atoms with Gasteiger partial charge in [-0.1, -0.05) is 18.2 Å². The first-order chi connectivity index (χ1) is 9.72. The molecule has 1 aromatic carbocycles. The van der Waals surface area contributed by atoms with E-state index in [1.54, 1.807) is 0 Å². The fourth-order valence-corrected chi connectivity index (χ4v) is 2.54. The van der Waals surface area contributed by atoms with Gasteiger partial charge in [0.2, 0.25) is 5.91 Å². The van der Waals surface area contributed by atoms with Crippen LogP contribution in [0, 0.1) is 5.92 Å². The first-order valence-corrected chi connectivity index (χ1v) is 7.14. The number of nitrogens with one attached hydrogen (secondary N) is 1. The summed E-state index contributed by atoms with van der Waals surface area (Å²) in [5.74, 6) is 0.389. The SMILES string of the molecule is NCc1ccccc1NC(=O)CN1CCC(CO)CC1. The number of nitrogens with zero attached hydrogens (tertiary/aromatic N) is 1. The summed E-state index contributed by atoms with van der Waals surface area (Å²) >= 11 is 0. The van der Waals surface area contributed by atoms with E-state index in [0.29, 0.717) is 19.0 Å². The first kappa shape index (κ1) is 15.0. The molecule has 5 heteroatoms. The average molecular weight is 277 g/mol. The standard InChI is InChI=1S/C15H23N3O2/c16-9-13-3-1-2-4-14(13)17-15(20)10-18-7-5-12(11-19)6-8-18/h1-4,12,19H,5-11,16H2,(H,17,20). The predicted molar refractivity (Wildman–Crippen MR) is 79.2 cm³/mol. The maximum absolute atomic E-state index is 12.1. The van der Waals surface area contributed by atoms with Crippen molar-refractivity contribution in [3.05, 3.63) is 29.8 Å². The normalized spacial score (nSPS) is 17.1. The Hall–Kier alpha value is -1.43. The Balaban J connectivity index is 1.84. The fraction of sp³-hybridized carbons (Fsp3) is 0.533. The molecule has 2 rings (SSSR count). The van der Waals surface area contributed by atoms with Gasteiger partial charge in [0.25, 0.3) is 0 Å². The van der Waals surface area contributed by atoms with E-state index in [2.05, 4.69) is 10.2 Å². The molecule has 1 heterocycles. The minimum absolute atomic E-state index is 0.00616. The fourth-order valence-electron chi connectivity index (χ4n) is 2.54. The summed E-state index contributed by atoms with van der Waals surface area (Å²) in [4.78, 5) is 14.2. The van der Waals surface area contributed by atoms with Gasteiger partial charge in [-0.05, 0) is 43.5 Å². The van der Waals surface area contributed by atoms with Gasteiger partial charge in [0, 0.05) is 18.8 Å². The zero-order valence-corrected chi connectivity index (χ0v) is 11.7. The summed E-state index contributed by atoms with van der Waals surface area (Å²) in [6.07, 6.45) is 1.92. The van der Waals surface area contributed by atoms with Crippen LogP contribution in [0.25, 0.3) is 0 Å².